The van der Waals surface area contributed by atoms with E-state index in [1.165, 1.54) is 41.0 Å². The fraction of sp³-hybridized carbons (Fsp3) is 0.321. The summed E-state index contributed by atoms with van der Waals surface area (Å²) in [4.78, 5) is 16.2. The monoisotopic (exact) mass is 542 g/mol. The Morgan fingerprint density at radius 3 is 2.46 bits per heavy atom. The number of carbonyl (C=O) groups is 1. The van der Waals surface area contributed by atoms with Gasteiger partial charge in [0.25, 0.3) is 11.9 Å². The number of pyridine rings is 1. The summed E-state index contributed by atoms with van der Waals surface area (Å²) in [6.45, 7) is 5.69. The van der Waals surface area contributed by atoms with Gasteiger partial charge in [-0.1, -0.05) is 42.5 Å². The highest BCUT2D eigenvalue weighted by Crippen LogP contribution is 2.40. The minimum atomic E-state index is -3.54. The van der Waals surface area contributed by atoms with Crippen molar-refractivity contribution in [1.82, 2.24) is 14.6 Å². The average Bonchev–Trinajstić information content (AvgIpc) is 3.25. The van der Waals surface area contributed by atoms with Gasteiger partial charge in [-0.3, -0.25) is 5.32 Å². The third-order valence-corrected chi connectivity index (χ3v) is 5.95. The van der Waals surface area contributed by atoms with Crippen molar-refractivity contribution in [2.45, 2.75) is 51.2 Å². The van der Waals surface area contributed by atoms with Gasteiger partial charge in [0, 0.05) is 18.2 Å². The van der Waals surface area contributed by atoms with Crippen LogP contribution in [0, 0.1) is 5.82 Å². The van der Waals surface area contributed by atoms with Crippen LogP contribution in [0.25, 0.3) is 16.8 Å². The zero-order valence-electron chi connectivity index (χ0n) is 21.9. The van der Waals surface area contributed by atoms with Gasteiger partial charge in [-0.15, -0.1) is 5.10 Å². The molecule has 4 aromatic rings. The molecule has 1 atom stereocenters. The minimum Gasteiger partial charge on any atom is -0.490 e. The summed E-state index contributed by atoms with van der Waals surface area (Å²) in [6.07, 6.45) is -0.0140. The van der Waals surface area contributed by atoms with E-state index in [0.717, 1.165) is 6.92 Å². The highest BCUT2D eigenvalue weighted by atomic mass is 19.3. The fourth-order valence-electron chi connectivity index (χ4n) is 3.85. The Morgan fingerprint density at radius 2 is 1.77 bits per heavy atom. The summed E-state index contributed by atoms with van der Waals surface area (Å²) in [7, 11) is 0. The molecule has 2 heterocycles. The second-order valence-corrected chi connectivity index (χ2v) is 10.1. The van der Waals surface area contributed by atoms with Crippen LogP contribution in [0.1, 0.15) is 39.7 Å². The summed E-state index contributed by atoms with van der Waals surface area (Å²) in [5.41, 5.74) is -2.15. The first-order valence-corrected chi connectivity index (χ1v) is 12.2. The van der Waals surface area contributed by atoms with E-state index in [1.807, 2.05) is 0 Å². The number of nitrogens with one attached hydrogen (secondary N) is 1. The maximum atomic E-state index is 15.3. The maximum absolute atomic E-state index is 15.3. The van der Waals surface area contributed by atoms with Crippen molar-refractivity contribution >= 4 is 17.7 Å². The summed E-state index contributed by atoms with van der Waals surface area (Å²) >= 11 is 0. The SMILES string of the molecule is CC(C)(C)OC(=O)Nc1nc2cc(-c3cccc(OCCC(F)(F)C(C)(O)c4ccccc4)c3F)ccn2n1. The highest BCUT2D eigenvalue weighted by molar-refractivity contribution is 5.83. The van der Waals surface area contributed by atoms with Crippen LogP contribution < -0.4 is 10.1 Å². The standard InChI is InChI=1S/C28H29F3N4O4/c1-26(2,3)39-25(36)33-24-32-22-17-18(13-15-35(22)34-24)20-11-8-12-21(23(20)29)38-16-14-28(30,31)27(4,37)19-9-6-5-7-10-19/h5-13,15,17,37H,14,16H2,1-4H3,(H,33,34,36). The zero-order chi connectivity index (χ0) is 28.4. The number of hydrogen-bond donors (Lipinski definition) is 2. The smallest absolute Gasteiger partial charge is 0.414 e. The molecule has 0 radical (unpaired) electrons. The molecule has 0 bridgehead atoms. The van der Waals surface area contributed by atoms with E-state index < -0.39 is 42.1 Å². The van der Waals surface area contributed by atoms with Crippen molar-refractivity contribution in [3.8, 4) is 16.9 Å². The molecule has 0 fully saturated rings. The van der Waals surface area contributed by atoms with Gasteiger partial charge in [-0.25, -0.2) is 22.5 Å². The van der Waals surface area contributed by atoms with Crippen molar-refractivity contribution in [3.63, 3.8) is 0 Å². The van der Waals surface area contributed by atoms with Crippen LogP contribution in [0.2, 0.25) is 0 Å². The summed E-state index contributed by atoms with van der Waals surface area (Å²) in [5, 5.41) is 17.1. The Bertz CT molecular complexity index is 1470. The number of hydrogen-bond acceptors (Lipinski definition) is 6. The van der Waals surface area contributed by atoms with Gasteiger partial charge in [0.05, 0.1) is 6.61 Å². The molecule has 1 unspecified atom stereocenters. The number of aromatic nitrogens is 3. The van der Waals surface area contributed by atoms with Crippen molar-refractivity contribution in [2.24, 2.45) is 0 Å². The Labute approximate surface area is 223 Å². The lowest BCUT2D eigenvalue weighted by atomic mass is 9.87. The number of carbonyl (C=O) groups excluding carboxylic acids is 1. The zero-order valence-corrected chi connectivity index (χ0v) is 21.9. The molecular weight excluding hydrogens is 513 g/mol. The van der Waals surface area contributed by atoms with E-state index in [1.54, 1.807) is 51.1 Å². The summed E-state index contributed by atoms with van der Waals surface area (Å²) < 4.78 is 57.0. The molecule has 0 saturated heterocycles. The van der Waals surface area contributed by atoms with E-state index in [-0.39, 0.29) is 22.8 Å². The average molecular weight is 543 g/mol. The largest absolute Gasteiger partial charge is 0.490 e. The lowest BCUT2D eigenvalue weighted by molar-refractivity contribution is -0.184. The van der Waals surface area contributed by atoms with Crippen LogP contribution in [-0.4, -0.2) is 43.9 Å². The topological polar surface area (TPSA) is 98.0 Å². The molecule has 0 aliphatic rings. The van der Waals surface area contributed by atoms with Crippen LogP contribution >= 0.6 is 0 Å². The van der Waals surface area contributed by atoms with E-state index in [2.05, 4.69) is 15.4 Å². The van der Waals surface area contributed by atoms with Crippen molar-refractivity contribution in [1.29, 1.82) is 0 Å². The number of alkyl halides is 2. The molecule has 1 amide bonds. The maximum Gasteiger partial charge on any atom is 0.414 e. The molecule has 2 aromatic carbocycles. The normalized spacial score (nSPS) is 13.6. The minimum absolute atomic E-state index is 0.00581. The van der Waals surface area contributed by atoms with Crippen LogP contribution in [0.3, 0.4) is 0 Å². The van der Waals surface area contributed by atoms with Crippen LogP contribution in [0.5, 0.6) is 5.75 Å². The molecule has 0 aliphatic carbocycles. The van der Waals surface area contributed by atoms with Gasteiger partial charge in [0.1, 0.15) is 5.60 Å². The van der Waals surface area contributed by atoms with Gasteiger partial charge in [-0.2, -0.15) is 4.98 Å². The number of rotatable bonds is 8. The van der Waals surface area contributed by atoms with E-state index in [4.69, 9.17) is 9.47 Å². The number of anilines is 1. The number of ether oxygens (including phenoxy) is 2. The Morgan fingerprint density at radius 1 is 1.05 bits per heavy atom. The van der Waals surface area contributed by atoms with Crippen molar-refractivity contribution in [3.05, 3.63) is 78.2 Å². The quantitative estimate of drug-likeness (QED) is 0.275. The predicted octanol–water partition coefficient (Wildman–Crippen LogP) is 6.19. The van der Waals surface area contributed by atoms with E-state index in [0.29, 0.717) is 11.2 Å². The Kier molecular flexibility index (Phi) is 7.56. The number of benzene rings is 2. The molecule has 8 nitrogen and oxygen atoms in total. The number of amides is 1. The Hall–Kier alpha value is -4.12. The molecule has 4 rings (SSSR count). The lowest BCUT2D eigenvalue weighted by Gasteiger charge is -2.33. The molecule has 2 N–H and O–H groups in total. The van der Waals surface area contributed by atoms with Gasteiger partial charge in [0.2, 0.25) is 0 Å². The Balaban J connectivity index is 1.47. The lowest BCUT2D eigenvalue weighted by Crippen LogP contribution is -2.43. The molecule has 39 heavy (non-hydrogen) atoms. The van der Waals surface area contributed by atoms with Crippen molar-refractivity contribution in [2.75, 3.05) is 11.9 Å². The highest BCUT2D eigenvalue weighted by Gasteiger charge is 2.49. The first kappa shape index (κ1) is 27.9. The number of aliphatic hydroxyl groups is 1. The molecule has 206 valence electrons. The van der Waals surface area contributed by atoms with Crippen LogP contribution in [-0.2, 0) is 10.3 Å². The number of halogens is 3. The first-order valence-electron chi connectivity index (χ1n) is 12.2. The fourth-order valence-corrected chi connectivity index (χ4v) is 3.85. The second-order valence-electron chi connectivity index (χ2n) is 10.1. The molecule has 0 aliphatic heterocycles. The summed E-state index contributed by atoms with van der Waals surface area (Å²) in [5.74, 6) is -4.49. The first-order chi connectivity index (χ1) is 18.3. The molecule has 2 aromatic heterocycles. The van der Waals surface area contributed by atoms with E-state index >= 15 is 4.39 Å². The third kappa shape index (κ3) is 6.31. The van der Waals surface area contributed by atoms with Gasteiger partial charge in [0.15, 0.2) is 22.8 Å². The van der Waals surface area contributed by atoms with Crippen LogP contribution in [0.4, 0.5) is 23.9 Å². The second kappa shape index (κ2) is 10.6. The van der Waals surface area contributed by atoms with E-state index in [9.17, 15) is 18.7 Å². The van der Waals surface area contributed by atoms with Crippen LogP contribution in [0.15, 0.2) is 66.9 Å². The molecular formula is C28H29F3N4O4. The molecule has 0 spiro atoms. The van der Waals surface area contributed by atoms with Gasteiger partial charge >= 0.3 is 6.09 Å². The molecule has 11 heteroatoms. The number of nitrogens with zero attached hydrogens (tertiary/aromatic N) is 3. The third-order valence-electron chi connectivity index (χ3n) is 5.95. The van der Waals surface area contributed by atoms with Gasteiger partial charge in [-0.05, 0) is 57.0 Å². The predicted molar refractivity (Wildman–Crippen MR) is 139 cm³/mol. The molecule has 0 saturated carbocycles. The van der Waals surface area contributed by atoms with Gasteiger partial charge < -0.3 is 14.6 Å². The van der Waals surface area contributed by atoms with Crippen molar-refractivity contribution < 1.29 is 32.5 Å². The summed E-state index contributed by atoms with van der Waals surface area (Å²) in [6, 6.07) is 15.2. The number of fused-ring (bicyclic) bond motifs is 1.